The first-order valence-electron chi connectivity index (χ1n) is 16.2. The van der Waals surface area contributed by atoms with Crippen LogP contribution < -0.4 is 0 Å². The summed E-state index contributed by atoms with van der Waals surface area (Å²) < 4.78 is 4.79. The van der Waals surface area contributed by atoms with E-state index >= 15 is 0 Å². The number of hydrogen-bond donors (Lipinski definition) is 0. The van der Waals surface area contributed by atoms with Crippen molar-refractivity contribution in [2.45, 2.75) is 38.5 Å². The highest BCUT2D eigenvalue weighted by Crippen LogP contribution is 2.51. The van der Waals surface area contributed by atoms with Gasteiger partial charge in [-0.2, -0.15) is 0 Å². The van der Waals surface area contributed by atoms with E-state index in [1.165, 1.54) is 72.1 Å². The van der Waals surface area contributed by atoms with Crippen LogP contribution in [-0.2, 0) is 10.8 Å². The molecule has 0 unspecified atom stereocenters. The summed E-state index contributed by atoms with van der Waals surface area (Å²) in [7, 11) is 0. The summed E-state index contributed by atoms with van der Waals surface area (Å²) in [4.78, 5) is 5.24. The topological polar surface area (TPSA) is 22.8 Å². The van der Waals surface area contributed by atoms with Gasteiger partial charge in [0.2, 0.25) is 0 Å². The molecular formula is C43H33N3. The van der Waals surface area contributed by atoms with Gasteiger partial charge in [-0.3, -0.25) is 4.57 Å². The molecule has 0 fully saturated rings. The van der Waals surface area contributed by atoms with Crippen molar-refractivity contribution < 1.29 is 0 Å². The summed E-state index contributed by atoms with van der Waals surface area (Å²) >= 11 is 0. The second kappa shape index (κ2) is 8.64. The molecular weight excluding hydrogens is 558 g/mol. The molecule has 2 aromatic heterocycles. The fraction of sp³-hybridized carbons (Fsp3) is 0.140. The summed E-state index contributed by atoms with van der Waals surface area (Å²) in [5.74, 6) is 1.11. The van der Waals surface area contributed by atoms with Gasteiger partial charge in [-0.1, -0.05) is 86.6 Å². The molecule has 10 rings (SSSR count). The number of imidazole rings is 1. The van der Waals surface area contributed by atoms with Gasteiger partial charge in [-0.15, -0.1) is 0 Å². The van der Waals surface area contributed by atoms with E-state index in [0.717, 1.165) is 16.9 Å². The second-order valence-corrected chi connectivity index (χ2v) is 14.1. The largest absolute Gasteiger partial charge is 0.309 e. The van der Waals surface area contributed by atoms with E-state index in [1.807, 2.05) is 0 Å². The van der Waals surface area contributed by atoms with E-state index in [2.05, 4.69) is 164 Å². The first-order chi connectivity index (χ1) is 22.3. The first kappa shape index (κ1) is 25.9. The molecule has 2 aliphatic rings. The summed E-state index contributed by atoms with van der Waals surface area (Å²) in [6, 6.07) is 47.1. The van der Waals surface area contributed by atoms with Crippen LogP contribution in [0.4, 0.5) is 0 Å². The zero-order chi connectivity index (χ0) is 30.9. The smallest absolute Gasteiger partial charge is 0.124 e. The third kappa shape index (κ3) is 3.20. The van der Waals surface area contributed by atoms with E-state index in [0.29, 0.717) is 0 Å². The van der Waals surface area contributed by atoms with E-state index in [4.69, 9.17) is 4.98 Å². The lowest BCUT2D eigenvalue weighted by atomic mass is 9.82. The van der Waals surface area contributed by atoms with Crippen molar-refractivity contribution in [2.24, 2.45) is 0 Å². The van der Waals surface area contributed by atoms with Crippen molar-refractivity contribution in [1.29, 1.82) is 0 Å². The number of fused-ring (bicyclic) bond motifs is 11. The zero-order valence-corrected chi connectivity index (χ0v) is 26.5. The number of aromatic nitrogens is 3. The monoisotopic (exact) mass is 591 g/mol. The predicted molar refractivity (Wildman–Crippen MR) is 191 cm³/mol. The summed E-state index contributed by atoms with van der Waals surface area (Å²) in [5, 5.41) is 2.55. The molecule has 8 aromatic rings. The maximum atomic E-state index is 5.24. The number of hydrogen-bond acceptors (Lipinski definition) is 1. The normalized spacial score (nSPS) is 15.3. The Labute approximate surface area is 268 Å². The van der Waals surface area contributed by atoms with Crippen LogP contribution >= 0.6 is 0 Å². The van der Waals surface area contributed by atoms with Crippen molar-refractivity contribution in [3.63, 3.8) is 0 Å². The van der Waals surface area contributed by atoms with E-state index in [-0.39, 0.29) is 10.8 Å². The van der Waals surface area contributed by atoms with Crippen molar-refractivity contribution in [2.75, 3.05) is 0 Å². The molecule has 0 saturated heterocycles. The maximum absolute atomic E-state index is 5.24. The SMILES string of the molecule is CC1(C)c2ccccc2-c2cc3c4cc(-c5ccc6c(c5)nc5n6-c6ccccc6C5(C)C)ccc4n(-c4ccccc4)c3cc21. The molecule has 0 N–H and O–H groups in total. The van der Waals surface area contributed by atoms with Crippen LogP contribution in [0.1, 0.15) is 50.2 Å². The fourth-order valence-corrected chi connectivity index (χ4v) is 8.49. The van der Waals surface area contributed by atoms with E-state index < -0.39 is 0 Å². The second-order valence-electron chi connectivity index (χ2n) is 14.1. The van der Waals surface area contributed by atoms with Crippen molar-refractivity contribution in [1.82, 2.24) is 14.1 Å². The third-order valence-corrected chi connectivity index (χ3v) is 10.8. The van der Waals surface area contributed by atoms with Crippen LogP contribution in [0.15, 0.2) is 127 Å². The molecule has 3 nitrogen and oxygen atoms in total. The molecule has 0 spiro atoms. The first-order valence-corrected chi connectivity index (χ1v) is 16.2. The zero-order valence-electron chi connectivity index (χ0n) is 26.5. The highest BCUT2D eigenvalue weighted by Gasteiger charge is 2.39. The molecule has 220 valence electrons. The summed E-state index contributed by atoms with van der Waals surface area (Å²) in [6.07, 6.45) is 0. The van der Waals surface area contributed by atoms with Crippen LogP contribution in [0, 0.1) is 0 Å². The molecule has 46 heavy (non-hydrogen) atoms. The van der Waals surface area contributed by atoms with Gasteiger partial charge in [0.25, 0.3) is 0 Å². The molecule has 6 aromatic carbocycles. The quantitative estimate of drug-likeness (QED) is 0.196. The highest BCUT2D eigenvalue weighted by molar-refractivity contribution is 6.12. The number of benzene rings is 6. The van der Waals surface area contributed by atoms with Gasteiger partial charge in [0.15, 0.2) is 0 Å². The third-order valence-electron chi connectivity index (χ3n) is 10.8. The highest BCUT2D eigenvalue weighted by atomic mass is 15.1. The molecule has 0 bridgehead atoms. The standard InChI is InChI=1S/C43H33N3/c1-42(2)33-15-9-8-14-29(33)30-24-32-31-22-26(18-20-37(31)45(40(32)25-35(30)42)28-12-6-5-7-13-28)27-19-21-39-36(23-27)44-41-43(3,4)34-16-10-11-17-38(34)46(39)41/h5-25H,1-4H3. The average Bonchev–Trinajstić information content (AvgIpc) is 3.75. The van der Waals surface area contributed by atoms with Crippen LogP contribution in [-0.4, -0.2) is 14.1 Å². The Hall–Kier alpha value is -5.41. The molecule has 0 amide bonds. The van der Waals surface area contributed by atoms with E-state index in [1.54, 1.807) is 0 Å². The van der Waals surface area contributed by atoms with Gasteiger partial charge in [0.1, 0.15) is 5.82 Å². The Bertz CT molecular complexity index is 2580. The minimum atomic E-state index is -0.138. The van der Waals surface area contributed by atoms with Crippen LogP contribution in [0.25, 0.3) is 66.5 Å². The van der Waals surface area contributed by atoms with Gasteiger partial charge in [-0.25, -0.2) is 4.98 Å². The summed E-state index contributed by atoms with van der Waals surface area (Å²) in [6.45, 7) is 9.28. The van der Waals surface area contributed by atoms with Gasteiger partial charge in [-0.05, 0) is 107 Å². The molecule has 3 heterocycles. The Kier molecular flexibility index (Phi) is 4.86. The Balaban J connectivity index is 1.21. The van der Waals surface area contributed by atoms with Crippen LogP contribution in [0.5, 0.6) is 0 Å². The van der Waals surface area contributed by atoms with Crippen LogP contribution in [0.2, 0.25) is 0 Å². The van der Waals surface area contributed by atoms with Crippen molar-refractivity contribution in [3.05, 3.63) is 150 Å². The van der Waals surface area contributed by atoms with Crippen molar-refractivity contribution >= 4 is 32.8 Å². The number of nitrogens with zero attached hydrogens (tertiary/aromatic N) is 3. The van der Waals surface area contributed by atoms with Gasteiger partial charge in [0.05, 0.1) is 33.2 Å². The minimum absolute atomic E-state index is 0.0570. The number of rotatable bonds is 2. The molecule has 0 saturated carbocycles. The fourth-order valence-electron chi connectivity index (χ4n) is 8.49. The van der Waals surface area contributed by atoms with Gasteiger partial charge in [0, 0.05) is 21.9 Å². The van der Waals surface area contributed by atoms with Crippen molar-refractivity contribution in [3.8, 4) is 33.6 Å². The predicted octanol–water partition coefficient (Wildman–Crippen LogP) is 10.7. The van der Waals surface area contributed by atoms with E-state index in [9.17, 15) is 0 Å². The maximum Gasteiger partial charge on any atom is 0.124 e. The Morgan fingerprint density at radius 3 is 1.98 bits per heavy atom. The number of para-hydroxylation sites is 2. The molecule has 0 atom stereocenters. The lowest BCUT2D eigenvalue weighted by molar-refractivity contribution is 0.621. The minimum Gasteiger partial charge on any atom is -0.309 e. The Morgan fingerprint density at radius 1 is 0.478 bits per heavy atom. The van der Waals surface area contributed by atoms with Gasteiger partial charge < -0.3 is 4.57 Å². The van der Waals surface area contributed by atoms with Crippen LogP contribution in [0.3, 0.4) is 0 Å². The lowest BCUT2D eigenvalue weighted by Crippen LogP contribution is -2.16. The molecule has 1 aliphatic heterocycles. The Morgan fingerprint density at radius 2 is 1.15 bits per heavy atom. The van der Waals surface area contributed by atoms with Gasteiger partial charge >= 0.3 is 0 Å². The molecule has 3 heteroatoms. The summed E-state index contributed by atoms with van der Waals surface area (Å²) in [5.41, 5.74) is 16.1. The molecule has 0 radical (unpaired) electrons. The average molecular weight is 592 g/mol. The lowest BCUT2D eigenvalue weighted by Gasteiger charge is -2.21. The molecule has 1 aliphatic carbocycles.